The van der Waals surface area contributed by atoms with Crippen LogP contribution >= 0.6 is 11.3 Å². The molecule has 0 unspecified atom stereocenters. The molecule has 1 fully saturated rings. The van der Waals surface area contributed by atoms with Crippen LogP contribution < -0.4 is 10.2 Å². The quantitative estimate of drug-likeness (QED) is 0.288. The third-order valence-electron chi connectivity index (χ3n) is 6.94. The van der Waals surface area contributed by atoms with E-state index in [1.165, 1.54) is 24.9 Å². The Labute approximate surface area is 233 Å². The number of hydrogen-bond donors (Lipinski definition) is 1. The van der Waals surface area contributed by atoms with E-state index < -0.39 is 11.9 Å². The highest BCUT2D eigenvalue weighted by Crippen LogP contribution is 2.33. The largest absolute Gasteiger partial charge is 0.465 e. The fourth-order valence-electron chi connectivity index (χ4n) is 4.69. The number of amides is 2. The van der Waals surface area contributed by atoms with E-state index in [0.717, 1.165) is 42.2 Å². The maximum atomic E-state index is 12.7. The van der Waals surface area contributed by atoms with Gasteiger partial charge in [-0.15, -0.1) is 11.3 Å². The van der Waals surface area contributed by atoms with Crippen molar-refractivity contribution in [1.29, 1.82) is 0 Å². The summed E-state index contributed by atoms with van der Waals surface area (Å²) in [6, 6.07) is 15.1. The lowest BCUT2D eigenvalue weighted by atomic mass is 9.97. The number of hydrogen-bond acceptors (Lipinski definition) is 7. The van der Waals surface area contributed by atoms with Crippen molar-refractivity contribution in [2.75, 3.05) is 43.5 Å². The lowest BCUT2D eigenvalue weighted by Crippen LogP contribution is -2.37. The van der Waals surface area contributed by atoms with Crippen LogP contribution in [0.4, 0.5) is 11.4 Å². The topological polar surface area (TPSA) is 91.8 Å². The number of aromatic nitrogens is 1. The van der Waals surface area contributed by atoms with E-state index in [4.69, 9.17) is 9.72 Å². The first-order valence-electron chi connectivity index (χ1n) is 13.2. The minimum Gasteiger partial charge on any atom is -0.465 e. The van der Waals surface area contributed by atoms with Crippen LogP contribution in [0.1, 0.15) is 48.0 Å². The van der Waals surface area contributed by atoms with Crippen molar-refractivity contribution in [1.82, 2.24) is 9.88 Å². The Hall–Kier alpha value is -3.98. The molecule has 8 nitrogen and oxygen atoms in total. The molecular formula is C30H34N4O4S. The minimum atomic E-state index is -0.547. The number of rotatable bonds is 9. The van der Waals surface area contributed by atoms with E-state index >= 15 is 0 Å². The highest BCUT2D eigenvalue weighted by atomic mass is 32.1. The molecule has 2 heterocycles. The predicted molar refractivity (Wildman–Crippen MR) is 155 cm³/mol. The molecule has 1 aromatic heterocycles. The van der Waals surface area contributed by atoms with Crippen LogP contribution in [0.15, 0.2) is 66.1 Å². The van der Waals surface area contributed by atoms with Crippen molar-refractivity contribution in [2.24, 2.45) is 0 Å². The van der Waals surface area contributed by atoms with Crippen LogP contribution in [0, 0.1) is 0 Å². The molecule has 9 heteroatoms. The number of benzene rings is 2. The number of esters is 1. The average molecular weight is 547 g/mol. The van der Waals surface area contributed by atoms with Gasteiger partial charge in [-0.2, -0.15) is 0 Å². The van der Waals surface area contributed by atoms with E-state index in [1.54, 1.807) is 40.5 Å². The fourth-order valence-corrected chi connectivity index (χ4v) is 5.69. The molecule has 1 aliphatic heterocycles. The Kier molecular flexibility index (Phi) is 9.49. The Bertz CT molecular complexity index is 1320. The first-order chi connectivity index (χ1) is 18.9. The molecule has 39 heavy (non-hydrogen) atoms. The summed E-state index contributed by atoms with van der Waals surface area (Å²) in [5.74, 6) is -0.938. The average Bonchev–Trinajstić information content (AvgIpc) is 3.47. The first-order valence-corrected chi connectivity index (χ1v) is 14.1. The smallest absolute Gasteiger partial charge is 0.339 e. The van der Waals surface area contributed by atoms with Gasteiger partial charge >= 0.3 is 5.97 Å². The van der Waals surface area contributed by atoms with E-state index in [2.05, 4.69) is 53.7 Å². The van der Waals surface area contributed by atoms with Gasteiger partial charge in [0.05, 0.1) is 29.1 Å². The molecule has 3 aromatic rings. The molecule has 0 bridgehead atoms. The number of nitrogens with zero attached hydrogens (tertiary/aromatic N) is 3. The van der Waals surface area contributed by atoms with Gasteiger partial charge in [0, 0.05) is 60.9 Å². The third kappa shape index (κ3) is 6.92. The van der Waals surface area contributed by atoms with E-state index in [0.29, 0.717) is 24.7 Å². The van der Waals surface area contributed by atoms with E-state index in [-0.39, 0.29) is 11.5 Å². The Morgan fingerprint density at radius 3 is 2.41 bits per heavy atom. The molecule has 0 aliphatic carbocycles. The summed E-state index contributed by atoms with van der Waals surface area (Å²) >= 11 is 1.68. The lowest BCUT2D eigenvalue weighted by Gasteiger charge is -2.30. The molecule has 204 valence electrons. The predicted octanol–water partition coefficient (Wildman–Crippen LogP) is 5.34. The fraction of sp³-hybridized carbons (Fsp3) is 0.333. The standard InChI is InChI=1S/C30H34N4O4S/c1-4-33(5-2)23-12-10-21(11-13-23)26-20-39-29(32-26)22-16-18-34(19-17-22)28(36)15-14-27(35)31-25-9-7-6-8-24(25)30(37)38-3/h6-15,20,22H,4-5,16-19H2,1-3H3,(H,31,35)/b15-14+. The molecule has 0 atom stereocenters. The first kappa shape index (κ1) is 28.0. The number of anilines is 2. The summed E-state index contributed by atoms with van der Waals surface area (Å²) in [5.41, 5.74) is 3.89. The Balaban J connectivity index is 1.29. The number of thiazole rings is 1. The van der Waals surface area contributed by atoms with Crippen LogP contribution in [0.2, 0.25) is 0 Å². The van der Waals surface area contributed by atoms with E-state index in [1.807, 2.05) is 0 Å². The van der Waals surface area contributed by atoms with Gasteiger partial charge in [0.15, 0.2) is 0 Å². The number of carbonyl (C=O) groups is 3. The maximum Gasteiger partial charge on any atom is 0.339 e. The number of carbonyl (C=O) groups excluding carboxylic acids is 3. The Morgan fingerprint density at radius 1 is 1.05 bits per heavy atom. The minimum absolute atomic E-state index is 0.210. The lowest BCUT2D eigenvalue weighted by molar-refractivity contribution is -0.127. The molecular weight excluding hydrogens is 512 g/mol. The molecule has 0 radical (unpaired) electrons. The number of methoxy groups -OCH3 is 1. The van der Waals surface area contributed by atoms with Crippen LogP contribution in [0.25, 0.3) is 11.3 Å². The van der Waals surface area contributed by atoms with Gasteiger partial charge in [0.2, 0.25) is 11.8 Å². The van der Waals surface area contributed by atoms with Crippen LogP contribution in [0.3, 0.4) is 0 Å². The van der Waals surface area contributed by atoms with Gasteiger partial charge < -0.3 is 19.9 Å². The number of nitrogens with one attached hydrogen (secondary N) is 1. The van der Waals surface area contributed by atoms with Crippen molar-refractivity contribution in [3.63, 3.8) is 0 Å². The molecule has 0 spiro atoms. The van der Waals surface area contributed by atoms with Crippen molar-refractivity contribution in [2.45, 2.75) is 32.6 Å². The highest BCUT2D eigenvalue weighted by molar-refractivity contribution is 7.10. The monoisotopic (exact) mass is 546 g/mol. The summed E-state index contributed by atoms with van der Waals surface area (Å²) in [6.07, 6.45) is 4.12. The van der Waals surface area contributed by atoms with Gasteiger partial charge in [0.25, 0.3) is 0 Å². The summed E-state index contributed by atoms with van der Waals surface area (Å²) < 4.78 is 4.75. The second-order valence-electron chi connectivity index (χ2n) is 9.25. The Morgan fingerprint density at radius 2 is 1.74 bits per heavy atom. The maximum absolute atomic E-state index is 12.7. The number of para-hydroxylation sites is 1. The van der Waals surface area contributed by atoms with Crippen molar-refractivity contribution in [3.8, 4) is 11.3 Å². The highest BCUT2D eigenvalue weighted by Gasteiger charge is 2.25. The number of piperidine rings is 1. The zero-order valence-corrected chi connectivity index (χ0v) is 23.4. The van der Waals surface area contributed by atoms with Gasteiger partial charge in [-0.25, -0.2) is 9.78 Å². The molecule has 1 aliphatic rings. The van der Waals surface area contributed by atoms with Crippen molar-refractivity contribution >= 4 is 40.5 Å². The molecule has 1 N–H and O–H groups in total. The van der Waals surface area contributed by atoms with Crippen LogP contribution in [-0.4, -0.2) is 61.0 Å². The zero-order chi connectivity index (χ0) is 27.8. The van der Waals surface area contributed by atoms with Gasteiger partial charge in [-0.1, -0.05) is 24.3 Å². The van der Waals surface area contributed by atoms with E-state index in [9.17, 15) is 14.4 Å². The van der Waals surface area contributed by atoms with Crippen molar-refractivity contribution in [3.05, 3.63) is 76.6 Å². The SMILES string of the molecule is CCN(CC)c1ccc(-c2csc(C3CCN(C(=O)/C=C/C(=O)Nc4ccccc4C(=O)OC)CC3)n2)cc1. The van der Waals surface area contributed by atoms with Crippen molar-refractivity contribution < 1.29 is 19.1 Å². The second kappa shape index (κ2) is 13.2. The number of likely N-dealkylation sites (tertiary alicyclic amines) is 1. The zero-order valence-electron chi connectivity index (χ0n) is 22.6. The summed E-state index contributed by atoms with van der Waals surface area (Å²) in [5, 5.41) is 5.85. The van der Waals surface area contributed by atoms with Gasteiger partial charge in [-0.05, 0) is 51.0 Å². The molecule has 2 amide bonds. The summed E-state index contributed by atoms with van der Waals surface area (Å²) in [6.45, 7) is 7.48. The van der Waals surface area contributed by atoms with Gasteiger partial charge in [0.1, 0.15) is 0 Å². The second-order valence-corrected chi connectivity index (χ2v) is 10.1. The summed E-state index contributed by atoms with van der Waals surface area (Å²) in [4.78, 5) is 45.9. The molecule has 0 saturated carbocycles. The summed E-state index contributed by atoms with van der Waals surface area (Å²) in [7, 11) is 1.28. The van der Waals surface area contributed by atoms with Gasteiger partial charge in [-0.3, -0.25) is 9.59 Å². The third-order valence-corrected chi connectivity index (χ3v) is 7.94. The molecule has 1 saturated heterocycles. The molecule has 4 rings (SSSR count). The normalized spacial score (nSPS) is 13.9. The molecule has 2 aromatic carbocycles. The van der Waals surface area contributed by atoms with Crippen LogP contribution in [-0.2, 0) is 14.3 Å². The number of ether oxygens (including phenoxy) is 1. The van der Waals surface area contributed by atoms with Crippen LogP contribution in [0.5, 0.6) is 0 Å².